The van der Waals surface area contributed by atoms with E-state index >= 15 is 0 Å². The average Bonchev–Trinajstić information content (AvgIpc) is 3.14. The van der Waals surface area contributed by atoms with Crippen molar-refractivity contribution in [2.45, 2.75) is 31.8 Å². The number of amides is 1. The van der Waals surface area contributed by atoms with Crippen molar-refractivity contribution in [2.24, 2.45) is 5.92 Å². The van der Waals surface area contributed by atoms with Crippen LogP contribution in [0.25, 0.3) is 0 Å². The van der Waals surface area contributed by atoms with E-state index in [1.807, 2.05) is 0 Å². The van der Waals surface area contributed by atoms with Gasteiger partial charge in [-0.05, 0) is 19.3 Å². The average molecular weight is 285 g/mol. The molecule has 6 heteroatoms. The van der Waals surface area contributed by atoms with Crippen molar-refractivity contribution in [2.75, 3.05) is 40.0 Å². The van der Waals surface area contributed by atoms with Gasteiger partial charge in [-0.1, -0.05) is 0 Å². The fourth-order valence-corrected chi connectivity index (χ4v) is 2.64. The van der Waals surface area contributed by atoms with Crippen LogP contribution < -0.4 is 0 Å². The number of nitrogens with zero attached hydrogens (tertiary/aromatic N) is 1. The van der Waals surface area contributed by atoms with E-state index in [0.717, 1.165) is 25.9 Å². The predicted octanol–water partition coefficient (Wildman–Crippen LogP) is 0.594. The van der Waals surface area contributed by atoms with Gasteiger partial charge in [-0.3, -0.25) is 9.59 Å². The molecule has 0 aromatic carbocycles. The highest BCUT2D eigenvalue weighted by Crippen LogP contribution is 2.19. The molecule has 0 aromatic rings. The summed E-state index contributed by atoms with van der Waals surface area (Å²) in [5, 5.41) is 0. The van der Waals surface area contributed by atoms with Crippen molar-refractivity contribution in [3.63, 3.8) is 0 Å². The molecule has 2 saturated heterocycles. The van der Waals surface area contributed by atoms with E-state index in [0.29, 0.717) is 26.3 Å². The molecular weight excluding hydrogens is 262 g/mol. The largest absolute Gasteiger partial charge is 0.469 e. The van der Waals surface area contributed by atoms with Crippen molar-refractivity contribution in [3.8, 4) is 0 Å². The molecular formula is C14H23NO5. The zero-order valence-electron chi connectivity index (χ0n) is 12.0. The smallest absolute Gasteiger partial charge is 0.307 e. The molecule has 114 valence electrons. The molecule has 0 N–H and O–H groups in total. The Morgan fingerprint density at radius 2 is 2.15 bits per heavy atom. The van der Waals surface area contributed by atoms with Gasteiger partial charge in [0, 0.05) is 26.3 Å². The predicted molar refractivity (Wildman–Crippen MR) is 71.1 cm³/mol. The molecule has 0 saturated carbocycles. The maximum absolute atomic E-state index is 12.5. The molecule has 20 heavy (non-hydrogen) atoms. The molecule has 2 heterocycles. The van der Waals surface area contributed by atoms with Gasteiger partial charge in [0.15, 0.2) is 0 Å². The van der Waals surface area contributed by atoms with E-state index in [2.05, 4.69) is 4.74 Å². The van der Waals surface area contributed by atoms with Crippen molar-refractivity contribution in [3.05, 3.63) is 0 Å². The lowest BCUT2D eigenvalue weighted by atomic mass is 10.1. The maximum Gasteiger partial charge on any atom is 0.307 e. The number of carbonyl (C=O) groups is 2. The van der Waals surface area contributed by atoms with E-state index in [9.17, 15) is 9.59 Å². The molecule has 0 bridgehead atoms. The Hall–Kier alpha value is -1.14. The van der Waals surface area contributed by atoms with Crippen molar-refractivity contribution < 1.29 is 23.8 Å². The monoisotopic (exact) mass is 285 g/mol. The van der Waals surface area contributed by atoms with E-state index in [1.54, 1.807) is 4.90 Å². The highest BCUT2D eigenvalue weighted by Gasteiger charge is 2.30. The van der Waals surface area contributed by atoms with Crippen LogP contribution in [0.5, 0.6) is 0 Å². The quantitative estimate of drug-likeness (QED) is 0.668. The summed E-state index contributed by atoms with van der Waals surface area (Å²) in [5.41, 5.74) is 0. The molecule has 2 unspecified atom stereocenters. The zero-order chi connectivity index (χ0) is 14.4. The summed E-state index contributed by atoms with van der Waals surface area (Å²) in [5.74, 6) is -0.297. The van der Waals surface area contributed by atoms with Crippen LogP contribution in [0.1, 0.15) is 25.7 Å². The summed E-state index contributed by atoms with van der Waals surface area (Å²) in [6, 6.07) is 0. The van der Waals surface area contributed by atoms with Crippen LogP contribution in [0.15, 0.2) is 0 Å². The lowest BCUT2D eigenvalue weighted by Crippen LogP contribution is -2.42. The number of methoxy groups -OCH3 is 1. The topological polar surface area (TPSA) is 65.1 Å². The van der Waals surface area contributed by atoms with Crippen LogP contribution in [-0.2, 0) is 23.8 Å². The van der Waals surface area contributed by atoms with Gasteiger partial charge < -0.3 is 19.1 Å². The lowest BCUT2D eigenvalue weighted by Gasteiger charge is -2.27. The molecule has 0 aliphatic carbocycles. The third-order valence-corrected chi connectivity index (χ3v) is 3.85. The third kappa shape index (κ3) is 4.18. The van der Waals surface area contributed by atoms with E-state index in [4.69, 9.17) is 9.47 Å². The van der Waals surface area contributed by atoms with Gasteiger partial charge in [0.25, 0.3) is 0 Å². The lowest BCUT2D eigenvalue weighted by molar-refractivity contribution is -0.143. The molecule has 1 amide bonds. The van der Waals surface area contributed by atoms with Gasteiger partial charge >= 0.3 is 5.97 Å². The summed E-state index contributed by atoms with van der Waals surface area (Å²) in [6.07, 6.45) is 3.10. The number of esters is 1. The second kappa shape index (κ2) is 7.59. The molecule has 2 aliphatic heterocycles. The normalized spacial score (nSPS) is 25.6. The Morgan fingerprint density at radius 1 is 1.30 bits per heavy atom. The van der Waals surface area contributed by atoms with Crippen LogP contribution in [0.4, 0.5) is 0 Å². The second-order valence-electron chi connectivity index (χ2n) is 5.31. The number of hydrogen-bond acceptors (Lipinski definition) is 5. The van der Waals surface area contributed by atoms with Gasteiger partial charge in [0.1, 0.15) is 0 Å². The second-order valence-corrected chi connectivity index (χ2v) is 5.31. The molecule has 2 fully saturated rings. The van der Waals surface area contributed by atoms with Crippen molar-refractivity contribution in [1.29, 1.82) is 0 Å². The van der Waals surface area contributed by atoms with Gasteiger partial charge in [0.2, 0.25) is 5.91 Å². The Bertz CT molecular complexity index is 334. The fraction of sp³-hybridized carbons (Fsp3) is 0.857. The minimum absolute atomic E-state index is 0.0712. The third-order valence-electron chi connectivity index (χ3n) is 3.85. The standard InChI is InChI=1S/C14H23NO5/c1-18-13(16)4-6-15(9-12-3-2-7-20-12)14(17)11-5-8-19-10-11/h11-12H,2-10H2,1H3. The summed E-state index contributed by atoms with van der Waals surface area (Å²) < 4.78 is 15.5. The Balaban J connectivity index is 1.90. The van der Waals surface area contributed by atoms with Crippen molar-refractivity contribution in [1.82, 2.24) is 4.90 Å². The van der Waals surface area contributed by atoms with Crippen LogP contribution in [0, 0.1) is 5.92 Å². The highest BCUT2D eigenvalue weighted by molar-refractivity contribution is 5.80. The van der Waals surface area contributed by atoms with Gasteiger partial charge in [-0.25, -0.2) is 0 Å². The summed E-state index contributed by atoms with van der Waals surface area (Å²) in [7, 11) is 1.36. The van der Waals surface area contributed by atoms with Gasteiger partial charge in [-0.2, -0.15) is 0 Å². The van der Waals surface area contributed by atoms with E-state index in [1.165, 1.54) is 7.11 Å². The van der Waals surface area contributed by atoms with Gasteiger partial charge in [0.05, 0.1) is 32.2 Å². The van der Waals surface area contributed by atoms with Crippen LogP contribution >= 0.6 is 0 Å². The van der Waals surface area contributed by atoms with Crippen LogP contribution in [0.2, 0.25) is 0 Å². The molecule has 2 rings (SSSR count). The van der Waals surface area contributed by atoms with Crippen LogP contribution in [0.3, 0.4) is 0 Å². The Labute approximate surface area is 119 Å². The highest BCUT2D eigenvalue weighted by atomic mass is 16.5. The SMILES string of the molecule is COC(=O)CCN(CC1CCCO1)C(=O)C1CCOC1. The van der Waals surface area contributed by atoms with E-state index in [-0.39, 0.29) is 30.3 Å². The van der Waals surface area contributed by atoms with Crippen LogP contribution in [-0.4, -0.2) is 62.9 Å². The fourth-order valence-electron chi connectivity index (χ4n) is 2.64. The first-order chi connectivity index (χ1) is 9.70. The minimum atomic E-state index is -0.294. The number of rotatable bonds is 6. The molecule has 6 nitrogen and oxygen atoms in total. The van der Waals surface area contributed by atoms with Gasteiger partial charge in [-0.15, -0.1) is 0 Å². The molecule has 0 radical (unpaired) electrons. The summed E-state index contributed by atoms with van der Waals surface area (Å²) >= 11 is 0. The minimum Gasteiger partial charge on any atom is -0.469 e. The number of hydrogen-bond donors (Lipinski definition) is 0. The molecule has 2 atom stereocenters. The zero-order valence-corrected chi connectivity index (χ0v) is 12.0. The maximum atomic E-state index is 12.5. The first-order valence-corrected chi connectivity index (χ1v) is 7.25. The first kappa shape index (κ1) is 15.3. The Morgan fingerprint density at radius 3 is 2.75 bits per heavy atom. The van der Waals surface area contributed by atoms with Crippen molar-refractivity contribution >= 4 is 11.9 Å². The number of ether oxygens (including phenoxy) is 3. The van der Waals surface area contributed by atoms with E-state index < -0.39 is 0 Å². The Kier molecular flexibility index (Phi) is 5.79. The molecule has 2 aliphatic rings. The number of carbonyl (C=O) groups excluding carboxylic acids is 2. The summed E-state index contributed by atoms with van der Waals surface area (Å²) in [4.78, 5) is 25.5. The summed E-state index contributed by atoms with van der Waals surface area (Å²) in [6.45, 7) is 2.84. The molecule has 0 spiro atoms. The molecule has 0 aromatic heterocycles. The first-order valence-electron chi connectivity index (χ1n) is 7.25.